The van der Waals surface area contributed by atoms with Gasteiger partial charge in [-0.3, -0.25) is 0 Å². The van der Waals surface area contributed by atoms with Crippen LogP contribution in [0.4, 0.5) is 4.39 Å². The molecule has 90 valence electrons. The Morgan fingerprint density at radius 2 is 2.29 bits per heavy atom. The number of hydrogen-bond donors (Lipinski definition) is 1. The van der Waals surface area contributed by atoms with Gasteiger partial charge in [0, 0.05) is 17.5 Å². The number of aromatic nitrogens is 1. The van der Waals surface area contributed by atoms with Gasteiger partial charge in [-0.15, -0.1) is 11.3 Å². The molecular weight excluding hydrogens is 305 g/mol. The summed E-state index contributed by atoms with van der Waals surface area (Å²) in [5, 5.41) is 12.6. The van der Waals surface area contributed by atoms with Crippen LogP contribution in [0.5, 0.6) is 0 Å². The molecule has 0 aliphatic carbocycles. The lowest BCUT2D eigenvalue weighted by Crippen LogP contribution is -2.02. The first-order valence-corrected chi connectivity index (χ1v) is 6.78. The van der Waals surface area contributed by atoms with Crippen LogP contribution in [-0.2, 0) is 6.42 Å². The Bertz CT molecular complexity index is 529. The maximum absolute atomic E-state index is 13.3. The van der Waals surface area contributed by atoms with E-state index in [9.17, 15) is 9.50 Å². The maximum atomic E-state index is 13.3. The average Bonchev–Trinajstić information content (AvgIpc) is 2.72. The van der Waals surface area contributed by atoms with Crippen LogP contribution in [0, 0.1) is 12.7 Å². The lowest BCUT2D eigenvalue weighted by atomic mass is 10.1. The van der Waals surface area contributed by atoms with E-state index in [0.717, 1.165) is 11.3 Å². The minimum Gasteiger partial charge on any atom is -0.386 e. The normalized spacial score (nSPS) is 12.7. The summed E-state index contributed by atoms with van der Waals surface area (Å²) < 4.78 is 13.7. The van der Waals surface area contributed by atoms with E-state index >= 15 is 0 Å². The number of rotatable bonds is 3. The zero-order valence-electron chi connectivity index (χ0n) is 9.15. The Hall–Kier alpha value is -0.780. The molecule has 2 nitrogen and oxygen atoms in total. The Morgan fingerprint density at radius 3 is 2.94 bits per heavy atom. The summed E-state index contributed by atoms with van der Waals surface area (Å²) in [5.41, 5.74) is 1.63. The van der Waals surface area contributed by atoms with Gasteiger partial charge in [0.25, 0.3) is 0 Å². The van der Waals surface area contributed by atoms with Crippen molar-refractivity contribution in [3.63, 3.8) is 0 Å². The van der Waals surface area contributed by atoms with E-state index in [4.69, 9.17) is 0 Å². The molecule has 5 heteroatoms. The molecule has 0 aliphatic rings. The minimum absolute atomic E-state index is 0.315. The molecule has 2 rings (SSSR count). The lowest BCUT2D eigenvalue weighted by molar-refractivity contribution is 0.177. The van der Waals surface area contributed by atoms with Crippen molar-refractivity contribution in [2.75, 3.05) is 0 Å². The van der Waals surface area contributed by atoms with E-state index in [-0.39, 0.29) is 5.82 Å². The van der Waals surface area contributed by atoms with Gasteiger partial charge in [-0.25, -0.2) is 9.37 Å². The quantitative estimate of drug-likeness (QED) is 0.938. The van der Waals surface area contributed by atoms with Crippen molar-refractivity contribution < 1.29 is 9.50 Å². The zero-order valence-corrected chi connectivity index (χ0v) is 11.6. The molecule has 1 aromatic heterocycles. The highest BCUT2D eigenvalue weighted by Gasteiger charge is 2.15. The number of benzene rings is 1. The predicted octanol–water partition coefficient (Wildman–Crippen LogP) is 3.63. The third-order valence-corrected chi connectivity index (χ3v) is 4.32. The zero-order chi connectivity index (χ0) is 12.4. The molecule has 1 N–H and O–H groups in total. The van der Waals surface area contributed by atoms with E-state index < -0.39 is 6.10 Å². The summed E-state index contributed by atoms with van der Waals surface area (Å²) in [5.74, 6) is -0.315. The Labute approximate surface area is 111 Å². The van der Waals surface area contributed by atoms with E-state index in [1.165, 1.54) is 17.4 Å². The van der Waals surface area contributed by atoms with E-state index in [0.29, 0.717) is 15.9 Å². The number of nitrogens with zero attached hydrogens (tertiary/aromatic N) is 1. The number of aryl methyl sites for hydroxylation is 1. The molecule has 0 saturated carbocycles. The smallest absolute Gasteiger partial charge is 0.137 e. The van der Waals surface area contributed by atoms with Gasteiger partial charge in [0.2, 0.25) is 0 Å². The van der Waals surface area contributed by atoms with Gasteiger partial charge in [0.05, 0.1) is 4.47 Å². The molecule has 17 heavy (non-hydrogen) atoms. The van der Waals surface area contributed by atoms with Gasteiger partial charge < -0.3 is 5.11 Å². The highest BCUT2D eigenvalue weighted by atomic mass is 79.9. The van der Waals surface area contributed by atoms with E-state index in [2.05, 4.69) is 20.9 Å². The monoisotopic (exact) mass is 315 g/mol. The van der Waals surface area contributed by atoms with Crippen LogP contribution in [-0.4, -0.2) is 10.1 Å². The standard InChI is InChI=1S/C12H11BrFNOS/c1-7-6-17-12(15-7)10(16)5-8-3-2-4-9(14)11(8)13/h2-4,6,10,16H,5H2,1H3. The Morgan fingerprint density at radius 1 is 1.53 bits per heavy atom. The third-order valence-electron chi connectivity index (χ3n) is 2.37. The summed E-state index contributed by atoms with van der Waals surface area (Å²) in [6.45, 7) is 1.88. The van der Waals surface area contributed by atoms with Gasteiger partial charge in [0.15, 0.2) is 0 Å². The van der Waals surface area contributed by atoms with Crippen molar-refractivity contribution >= 4 is 27.3 Å². The summed E-state index contributed by atoms with van der Waals surface area (Å²) in [7, 11) is 0. The lowest BCUT2D eigenvalue weighted by Gasteiger charge is -2.09. The van der Waals surface area contributed by atoms with Crippen LogP contribution in [0.1, 0.15) is 22.4 Å². The second-order valence-electron chi connectivity index (χ2n) is 3.76. The Kier molecular flexibility index (Phi) is 3.91. The van der Waals surface area contributed by atoms with Gasteiger partial charge in [0.1, 0.15) is 16.9 Å². The summed E-state index contributed by atoms with van der Waals surface area (Å²) in [6.07, 6.45) is -0.336. The molecule has 0 saturated heterocycles. The molecule has 0 bridgehead atoms. The number of halogens is 2. The predicted molar refractivity (Wildman–Crippen MR) is 69.6 cm³/mol. The largest absolute Gasteiger partial charge is 0.386 e. The van der Waals surface area contributed by atoms with Crippen molar-refractivity contribution in [2.45, 2.75) is 19.4 Å². The molecular formula is C12H11BrFNOS. The number of aliphatic hydroxyl groups is 1. The van der Waals surface area contributed by atoms with Gasteiger partial charge in [-0.1, -0.05) is 12.1 Å². The van der Waals surface area contributed by atoms with Gasteiger partial charge in [-0.2, -0.15) is 0 Å². The summed E-state index contributed by atoms with van der Waals surface area (Å²) in [6, 6.07) is 4.81. The second kappa shape index (κ2) is 5.25. The molecule has 1 aromatic carbocycles. The molecule has 1 atom stereocenters. The van der Waals surface area contributed by atoms with Crippen LogP contribution in [0.2, 0.25) is 0 Å². The Balaban J connectivity index is 2.18. The second-order valence-corrected chi connectivity index (χ2v) is 5.44. The molecule has 1 unspecified atom stereocenters. The summed E-state index contributed by atoms with van der Waals surface area (Å²) in [4.78, 5) is 4.22. The van der Waals surface area contributed by atoms with Crippen LogP contribution >= 0.6 is 27.3 Å². The average molecular weight is 316 g/mol. The fraction of sp³-hybridized carbons (Fsp3) is 0.250. The van der Waals surface area contributed by atoms with Crippen molar-refractivity contribution in [3.8, 4) is 0 Å². The molecule has 2 aromatic rings. The van der Waals surface area contributed by atoms with Crippen molar-refractivity contribution in [1.82, 2.24) is 4.98 Å². The van der Waals surface area contributed by atoms with E-state index in [1.54, 1.807) is 12.1 Å². The SMILES string of the molecule is Cc1csc(C(O)Cc2cccc(F)c2Br)n1. The minimum atomic E-state index is -0.688. The van der Waals surface area contributed by atoms with Crippen LogP contribution in [0.3, 0.4) is 0 Å². The van der Waals surface area contributed by atoms with Crippen molar-refractivity contribution in [1.29, 1.82) is 0 Å². The maximum Gasteiger partial charge on any atom is 0.137 e. The van der Waals surface area contributed by atoms with Crippen LogP contribution < -0.4 is 0 Å². The van der Waals surface area contributed by atoms with Gasteiger partial charge >= 0.3 is 0 Å². The van der Waals surface area contributed by atoms with E-state index in [1.807, 2.05) is 12.3 Å². The molecule has 0 radical (unpaired) electrons. The molecule has 0 amide bonds. The fourth-order valence-corrected chi connectivity index (χ4v) is 2.73. The van der Waals surface area contributed by atoms with Crippen molar-refractivity contribution in [3.05, 3.63) is 50.1 Å². The first-order chi connectivity index (χ1) is 8.08. The highest BCUT2D eigenvalue weighted by molar-refractivity contribution is 9.10. The first kappa shape index (κ1) is 12.7. The molecule has 0 aliphatic heterocycles. The molecule has 0 spiro atoms. The number of aliphatic hydroxyl groups excluding tert-OH is 1. The number of thiazole rings is 1. The topological polar surface area (TPSA) is 33.1 Å². The summed E-state index contributed by atoms with van der Waals surface area (Å²) >= 11 is 4.60. The fourth-order valence-electron chi connectivity index (χ4n) is 1.53. The van der Waals surface area contributed by atoms with Crippen LogP contribution in [0.15, 0.2) is 28.1 Å². The molecule has 1 heterocycles. The van der Waals surface area contributed by atoms with Gasteiger partial charge in [-0.05, 0) is 34.5 Å². The highest BCUT2D eigenvalue weighted by Crippen LogP contribution is 2.27. The third kappa shape index (κ3) is 2.91. The van der Waals surface area contributed by atoms with Crippen LogP contribution in [0.25, 0.3) is 0 Å². The first-order valence-electron chi connectivity index (χ1n) is 5.11. The molecule has 0 fully saturated rings. The number of hydrogen-bond acceptors (Lipinski definition) is 3. The van der Waals surface area contributed by atoms with Crippen molar-refractivity contribution in [2.24, 2.45) is 0 Å².